The van der Waals surface area contributed by atoms with E-state index in [2.05, 4.69) is 160 Å². The summed E-state index contributed by atoms with van der Waals surface area (Å²) in [5, 5.41) is 0.892. The second kappa shape index (κ2) is 54.1. The van der Waals surface area contributed by atoms with Crippen molar-refractivity contribution in [2.75, 3.05) is 0 Å². The van der Waals surface area contributed by atoms with Gasteiger partial charge in [0.2, 0.25) is 0 Å². The summed E-state index contributed by atoms with van der Waals surface area (Å²) in [6.45, 7) is 15.7. The molecule has 6 atom stereocenters. The molecule has 6 unspecified atom stereocenters. The Bertz CT molecular complexity index is 2570. The minimum atomic E-state index is 0. The van der Waals surface area contributed by atoms with Gasteiger partial charge in [-0.05, 0) is 111 Å². The molecule has 0 heterocycles. The number of allylic oxidation sites excluding steroid dienone is 4. The van der Waals surface area contributed by atoms with Gasteiger partial charge in [-0.1, -0.05) is 165 Å². The van der Waals surface area contributed by atoms with Crippen LogP contribution in [0.4, 0.5) is 0 Å². The Morgan fingerprint density at radius 1 is 0.391 bits per heavy atom. The molecule has 6 aromatic rings. The van der Waals surface area contributed by atoms with E-state index in [1.54, 1.807) is 0 Å². The predicted molar refractivity (Wildman–Crippen MR) is 323 cm³/mol. The second-order valence-corrected chi connectivity index (χ2v) is 25.7. The van der Waals surface area contributed by atoms with Crippen LogP contribution in [0.1, 0.15) is 84.4 Å². The third kappa shape index (κ3) is 36.9. The van der Waals surface area contributed by atoms with E-state index >= 15 is 0 Å². The molecule has 0 aromatic heterocycles. The zero-order valence-electron chi connectivity index (χ0n) is 50.4. The molecular weight excluding hydrogens is 2470 g/mol. The van der Waals surface area contributed by atoms with Crippen LogP contribution in [-0.4, -0.2) is 0 Å². The summed E-state index contributed by atoms with van der Waals surface area (Å²) in [6.07, 6.45) is 23.1. The van der Waals surface area contributed by atoms with Crippen molar-refractivity contribution in [3.8, 4) is 34.5 Å². The van der Waals surface area contributed by atoms with Crippen molar-refractivity contribution in [1.29, 1.82) is 0 Å². The first-order valence-electron chi connectivity index (χ1n) is 25.8. The Hall–Kier alpha value is 7.38. The smallest absolute Gasteiger partial charge is 0.125 e. The van der Waals surface area contributed by atoms with Gasteiger partial charge in [0.15, 0.2) is 0 Å². The predicted octanol–water partition coefficient (Wildman–Crippen LogP) is 21.8. The van der Waals surface area contributed by atoms with Gasteiger partial charge in [0.05, 0.1) is 20.6 Å². The Labute approximate surface area is 825 Å². The number of hydrogen-bond acceptors (Lipinski definition) is 3. The fraction of sp³-hybridized carbons (Fsp3) is 0.284. The van der Waals surface area contributed by atoms with Crippen molar-refractivity contribution >= 4 is 66.7 Å². The third-order valence-corrected chi connectivity index (χ3v) is 15.7. The molecular formula is C67H69Br2Cl3O3W3Y9-6. The van der Waals surface area contributed by atoms with Gasteiger partial charge in [-0.2, -0.15) is 52.6 Å². The molecule has 0 spiro atoms. The van der Waals surface area contributed by atoms with Crippen LogP contribution in [0.5, 0.6) is 34.5 Å². The van der Waals surface area contributed by atoms with Crippen molar-refractivity contribution in [1.82, 2.24) is 0 Å². The Morgan fingerprint density at radius 2 is 0.644 bits per heavy atom. The van der Waals surface area contributed by atoms with Crippen molar-refractivity contribution < 1.29 is 372 Å². The summed E-state index contributed by atoms with van der Waals surface area (Å²) in [5.74, 6) is 8.48. The number of rotatable bonds is 21. The van der Waals surface area contributed by atoms with E-state index in [-0.39, 0.29) is 363 Å². The number of ether oxygens (including phenoxy) is 3. The molecule has 20 heteroatoms. The number of benzene rings is 6. The molecule has 9 rings (SSSR count). The maximum absolute atomic E-state index is 6.04. The van der Waals surface area contributed by atoms with E-state index in [0.717, 1.165) is 67.7 Å². The molecule has 0 bridgehead atoms. The molecule has 87 heavy (non-hydrogen) atoms. The van der Waals surface area contributed by atoms with Crippen LogP contribution in [-0.2, 0) is 358 Å². The van der Waals surface area contributed by atoms with Crippen LogP contribution < -0.4 is 14.2 Å². The van der Waals surface area contributed by atoms with E-state index in [1.807, 2.05) is 140 Å². The van der Waals surface area contributed by atoms with Crippen LogP contribution >= 0.6 is 66.7 Å². The molecule has 0 amide bonds. The van der Waals surface area contributed by atoms with Crippen molar-refractivity contribution in [3.63, 3.8) is 0 Å². The molecule has 6 aromatic carbocycles. The van der Waals surface area contributed by atoms with Gasteiger partial charge >= 0.3 is 0 Å². The second-order valence-electron chi connectivity index (χ2n) is 21.3. The fourth-order valence-electron chi connectivity index (χ4n) is 10.0. The minimum absolute atomic E-state index is 0. The summed E-state index contributed by atoms with van der Waals surface area (Å²) >= 11 is 24.6. The molecule has 3 fully saturated rings. The molecule has 9 radical (unpaired) electrons. The van der Waals surface area contributed by atoms with Crippen molar-refractivity contribution in [2.24, 2.45) is 51.8 Å². The Morgan fingerprint density at radius 3 is 0.897 bits per heavy atom. The van der Waals surface area contributed by atoms with Gasteiger partial charge in [0.1, 0.15) is 21.7 Å². The fourth-order valence-corrected chi connectivity index (χ4v) is 11.0. The van der Waals surface area contributed by atoms with Gasteiger partial charge < -0.3 is 33.5 Å². The largest absolute Gasteiger partial charge is 0.470 e. The molecule has 3 aliphatic carbocycles. The standard InChI is InChI=1S/C23H25ClO.C22H22Br2O.C22H22Cl2O.3W.9Y/c1-17(24)15-22-21(23(22,2)3)14-8-10-18-9-7-13-20(16-18)25-19-11-5-4-6-12-19;2*1-22(2)19(20(22)15-21(23)24)13-7-9-16-8-6-12-18(14-16)25-17-10-4-3-5-11-17;;;;;;;;;;;;/h4-7,9-16,21-22H,8H2,1-3H3;2*3-6,8-15,19-20H,7H2,1-2H3;;;;;;;;;;;;/q3*-2;;;;;;;;;;;;/b17-15-;;;;;;;;;;;;;;. The topological polar surface area (TPSA) is 27.7 Å². The Balaban J connectivity index is -0.000000265. The Kier molecular flexibility index (Phi) is 65.5. The van der Waals surface area contributed by atoms with E-state index in [4.69, 9.17) is 49.0 Å². The first-order valence-corrected chi connectivity index (χ1v) is 28.5. The molecule has 3 aliphatic rings. The number of halogens is 5. The van der Waals surface area contributed by atoms with Crippen molar-refractivity contribution in [2.45, 2.75) is 67.7 Å². The first kappa shape index (κ1) is 105. The average molecular weight is 2540 g/mol. The third-order valence-electron chi connectivity index (χ3n) is 14.8. The molecule has 3 saturated carbocycles. The van der Waals surface area contributed by atoms with E-state index in [1.165, 1.54) is 11.1 Å². The normalized spacial score (nSPS) is 18.1. The average Bonchev–Trinajstić information content (AvgIpc) is 4.23. The molecule has 0 N–H and O–H groups in total. The zero-order valence-corrected chi connectivity index (χ0v) is 90.2. The van der Waals surface area contributed by atoms with Crippen LogP contribution in [0, 0.1) is 90.3 Å². The van der Waals surface area contributed by atoms with Crippen LogP contribution in [0.25, 0.3) is 0 Å². The number of hydrogen-bond donors (Lipinski definition) is 0. The quantitative estimate of drug-likeness (QED) is 0.0672. The van der Waals surface area contributed by atoms with Gasteiger partial charge in [0.25, 0.3) is 0 Å². The summed E-state index contributed by atoms with van der Waals surface area (Å²) in [7, 11) is 0. The van der Waals surface area contributed by atoms with Crippen LogP contribution in [0.2, 0.25) is 0 Å². The molecule has 0 aliphatic heterocycles. The van der Waals surface area contributed by atoms with E-state index in [9.17, 15) is 0 Å². The molecule has 441 valence electrons. The van der Waals surface area contributed by atoms with E-state index in [0.29, 0.717) is 50.8 Å². The maximum Gasteiger partial charge on any atom is 0.125 e. The van der Waals surface area contributed by atoms with Crippen LogP contribution in [0.15, 0.2) is 195 Å². The summed E-state index contributed by atoms with van der Waals surface area (Å²) in [5.41, 5.74) is 4.44. The molecule has 0 saturated heterocycles. The molecule has 3 nitrogen and oxygen atoms in total. The SMILES string of the molecule is C/C(Cl)=C/C1C([CH-]C[CH-]c2cccc(Oc3ccccc3)c2)C1(C)C.CC1(C)C(C=C(Br)Br)C1[CH-]C[CH-]c1cccc(Oc2ccccc2)c1.CC1(C)C(C=C(Cl)Cl)C1[CH-]C[CH-]c1cccc(Oc2ccccc2)c1.[W].[W].[W].[Y].[Y].[Y].[Y].[Y].[Y].[Y].[Y].[Y]. The number of para-hydroxylation sites is 3. The van der Waals surface area contributed by atoms with Gasteiger partial charge in [-0.3, -0.25) is 0 Å². The van der Waals surface area contributed by atoms with Crippen LogP contribution in [0.3, 0.4) is 0 Å². The summed E-state index contributed by atoms with van der Waals surface area (Å²) in [4.78, 5) is 0. The van der Waals surface area contributed by atoms with E-state index < -0.39 is 0 Å². The van der Waals surface area contributed by atoms with Gasteiger partial charge in [-0.25, -0.2) is 38.5 Å². The van der Waals surface area contributed by atoms with Gasteiger partial charge in [-0.15, -0.1) is 36.4 Å². The monoisotopic (exact) mass is 2540 g/mol. The first-order chi connectivity index (χ1) is 35.9. The minimum Gasteiger partial charge on any atom is -0.470 e. The summed E-state index contributed by atoms with van der Waals surface area (Å²) in [6, 6.07) is 54.2. The zero-order chi connectivity index (χ0) is 53.6. The summed E-state index contributed by atoms with van der Waals surface area (Å²) < 4.78 is 19.1. The maximum atomic E-state index is 6.04. The van der Waals surface area contributed by atoms with Crippen molar-refractivity contribution in [3.05, 3.63) is 250 Å². The van der Waals surface area contributed by atoms with Gasteiger partial charge in [0, 0.05) is 363 Å².